The van der Waals surface area contributed by atoms with E-state index in [1.54, 1.807) is 11.8 Å². The van der Waals surface area contributed by atoms with Crippen molar-refractivity contribution in [3.8, 4) is 0 Å². The zero-order valence-corrected chi connectivity index (χ0v) is 19.9. The minimum Gasteiger partial charge on any atom is -0.378 e. The normalized spacial score (nSPS) is 19.6. The predicted molar refractivity (Wildman–Crippen MR) is 123 cm³/mol. The monoisotopic (exact) mass is 510 g/mol. The fraction of sp³-hybridized carbons (Fsp3) is 0.522. The van der Waals surface area contributed by atoms with Crippen molar-refractivity contribution in [1.82, 2.24) is 24.7 Å². The lowest BCUT2D eigenvalue weighted by atomic mass is 10.0. The Balaban J connectivity index is 1.28. The highest BCUT2D eigenvalue weighted by molar-refractivity contribution is 6.28. The van der Waals surface area contributed by atoms with Crippen molar-refractivity contribution in [2.75, 3.05) is 44.7 Å². The lowest BCUT2D eigenvalue weighted by Crippen LogP contribution is -2.58. The third-order valence-corrected chi connectivity index (χ3v) is 7.03. The molecule has 2 fully saturated rings. The van der Waals surface area contributed by atoms with E-state index in [-0.39, 0.29) is 30.0 Å². The van der Waals surface area contributed by atoms with E-state index in [4.69, 9.17) is 16.3 Å². The van der Waals surface area contributed by atoms with E-state index in [0.29, 0.717) is 36.2 Å². The summed E-state index contributed by atoms with van der Waals surface area (Å²) < 4.78 is 46.2. The first kappa shape index (κ1) is 24.1. The molecule has 188 valence electrons. The molecular weight excluding hydrogens is 485 g/mol. The van der Waals surface area contributed by atoms with Crippen LogP contribution >= 0.6 is 11.6 Å². The molecule has 2 aromatic rings. The molecule has 0 radical (unpaired) electrons. The Morgan fingerprint density at radius 1 is 1.11 bits per heavy atom. The molecule has 0 saturated carbocycles. The average molecular weight is 511 g/mol. The maximum Gasteiger partial charge on any atom is 0.320 e. The lowest BCUT2D eigenvalue weighted by Gasteiger charge is -2.43. The van der Waals surface area contributed by atoms with E-state index in [9.17, 15) is 18.0 Å². The summed E-state index contributed by atoms with van der Waals surface area (Å²) in [6, 6.07) is 3.61. The van der Waals surface area contributed by atoms with Gasteiger partial charge in [0.15, 0.2) is 0 Å². The number of nitrogens with one attached hydrogen (secondary N) is 1. The van der Waals surface area contributed by atoms with Crippen LogP contribution in [0.5, 0.6) is 0 Å². The number of amides is 2. The number of urea groups is 1. The van der Waals surface area contributed by atoms with Gasteiger partial charge in [-0.05, 0) is 18.5 Å². The summed E-state index contributed by atoms with van der Waals surface area (Å²) >= 11 is 6.13. The van der Waals surface area contributed by atoms with Gasteiger partial charge in [0.25, 0.3) is 6.43 Å². The van der Waals surface area contributed by atoms with Crippen molar-refractivity contribution in [3.05, 3.63) is 51.7 Å². The highest BCUT2D eigenvalue weighted by atomic mass is 35.5. The fourth-order valence-corrected chi connectivity index (χ4v) is 4.93. The van der Waals surface area contributed by atoms with Crippen LogP contribution in [0.15, 0.2) is 18.2 Å². The van der Waals surface area contributed by atoms with Crippen molar-refractivity contribution in [2.24, 2.45) is 0 Å². The first-order chi connectivity index (χ1) is 16.8. The Labute approximate surface area is 206 Å². The molecule has 0 bridgehead atoms. The van der Waals surface area contributed by atoms with Gasteiger partial charge in [-0.15, -0.1) is 0 Å². The van der Waals surface area contributed by atoms with Crippen LogP contribution in [0.3, 0.4) is 0 Å². The number of ether oxygens (including phenoxy) is 1. The second-order valence-electron chi connectivity index (χ2n) is 9.04. The molecule has 1 N–H and O–H groups in total. The maximum atomic E-state index is 14.7. The van der Waals surface area contributed by atoms with Crippen LogP contribution in [0.1, 0.15) is 41.8 Å². The highest BCUT2D eigenvalue weighted by Crippen LogP contribution is 2.33. The SMILES string of the molecule is C[C@@H](Nc1nc(Cl)nc2c1CN(C(=O)N1CCN(C3COC3)CC1)C2)c1cccc(C(F)F)c1F. The number of rotatable bonds is 5. The average Bonchev–Trinajstić information content (AvgIpc) is 3.22. The Hall–Kier alpha value is -2.63. The molecule has 12 heteroatoms. The number of carbonyl (C=O) groups is 1. The minimum absolute atomic E-state index is 0.00844. The second-order valence-corrected chi connectivity index (χ2v) is 9.37. The Bertz CT molecular complexity index is 1110. The molecule has 2 amide bonds. The number of fused-ring (bicyclic) bond motifs is 1. The number of piperazine rings is 1. The summed E-state index contributed by atoms with van der Waals surface area (Å²) in [5.41, 5.74) is 0.737. The zero-order chi connectivity index (χ0) is 24.7. The minimum atomic E-state index is -2.91. The molecule has 1 atom stereocenters. The van der Waals surface area contributed by atoms with Crippen LogP contribution in [0.4, 0.5) is 23.8 Å². The van der Waals surface area contributed by atoms with E-state index in [2.05, 4.69) is 20.2 Å². The van der Waals surface area contributed by atoms with E-state index < -0.39 is 23.8 Å². The Kier molecular flexibility index (Phi) is 6.73. The van der Waals surface area contributed by atoms with Crippen LogP contribution in [0.2, 0.25) is 5.28 Å². The number of carbonyl (C=O) groups excluding carboxylic acids is 1. The summed E-state index contributed by atoms with van der Waals surface area (Å²) in [7, 11) is 0. The fourth-order valence-electron chi connectivity index (χ4n) is 4.75. The number of alkyl halides is 2. The molecule has 4 heterocycles. The van der Waals surface area contributed by atoms with Gasteiger partial charge in [0.05, 0.1) is 49.6 Å². The van der Waals surface area contributed by atoms with Crippen molar-refractivity contribution in [3.63, 3.8) is 0 Å². The van der Waals surface area contributed by atoms with Crippen molar-refractivity contribution >= 4 is 23.4 Å². The van der Waals surface area contributed by atoms with Gasteiger partial charge in [-0.3, -0.25) is 4.90 Å². The zero-order valence-electron chi connectivity index (χ0n) is 19.2. The van der Waals surface area contributed by atoms with Crippen LogP contribution in [0.25, 0.3) is 0 Å². The molecule has 8 nitrogen and oxygen atoms in total. The van der Waals surface area contributed by atoms with E-state index in [0.717, 1.165) is 32.4 Å². The molecule has 3 aliphatic rings. The molecule has 0 unspecified atom stereocenters. The summed E-state index contributed by atoms with van der Waals surface area (Å²) in [4.78, 5) is 27.6. The first-order valence-electron chi connectivity index (χ1n) is 11.6. The smallest absolute Gasteiger partial charge is 0.320 e. The summed E-state index contributed by atoms with van der Waals surface area (Å²) in [5.74, 6) is -0.594. The first-order valence-corrected chi connectivity index (χ1v) is 11.9. The van der Waals surface area contributed by atoms with Crippen LogP contribution in [0, 0.1) is 5.82 Å². The number of nitrogens with zero attached hydrogens (tertiary/aromatic N) is 5. The lowest BCUT2D eigenvalue weighted by molar-refractivity contribution is -0.0746. The predicted octanol–water partition coefficient (Wildman–Crippen LogP) is 3.83. The van der Waals surface area contributed by atoms with Gasteiger partial charge in [-0.25, -0.2) is 27.9 Å². The third-order valence-electron chi connectivity index (χ3n) is 6.86. The standard InChI is InChI=1S/C23H26ClF3N6O2/c1-13(15-3-2-4-16(19(15)25)20(26)27)28-21-17-9-33(10-18(17)29-22(24)30-21)23(34)32-7-5-31(6-8-32)14-11-35-12-14/h2-4,13-14,20H,5-12H2,1H3,(H,28,29,30)/t13-/m1/s1. The van der Waals surface area contributed by atoms with E-state index >= 15 is 0 Å². The summed E-state index contributed by atoms with van der Waals surface area (Å²) in [6.45, 7) is 6.59. The number of hydrogen-bond acceptors (Lipinski definition) is 6. The van der Waals surface area contributed by atoms with Gasteiger partial charge < -0.3 is 19.9 Å². The molecule has 35 heavy (non-hydrogen) atoms. The number of benzene rings is 1. The maximum absolute atomic E-state index is 14.7. The summed E-state index contributed by atoms with van der Waals surface area (Å²) in [5, 5.41) is 3.08. The Morgan fingerprint density at radius 3 is 2.49 bits per heavy atom. The van der Waals surface area contributed by atoms with Gasteiger partial charge in [-0.1, -0.05) is 18.2 Å². The number of aromatic nitrogens is 2. The largest absolute Gasteiger partial charge is 0.378 e. The quantitative estimate of drug-likeness (QED) is 0.616. The molecular formula is C23H26ClF3N6O2. The Morgan fingerprint density at radius 2 is 1.83 bits per heavy atom. The van der Waals surface area contributed by atoms with Crippen molar-refractivity contribution in [2.45, 2.75) is 38.5 Å². The number of anilines is 1. The van der Waals surface area contributed by atoms with E-state index in [1.807, 2.05) is 4.90 Å². The van der Waals surface area contributed by atoms with Gasteiger partial charge >= 0.3 is 6.03 Å². The molecule has 0 spiro atoms. The van der Waals surface area contributed by atoms with Gasteiger partial charge in [0.2, 0.25) is 5.28 Å². The third kappa shape index (κ3) is 4.76. The molecule has 1 aromatic carbocycles. The van der Waals surface area contributed by atoms with Crippen LogP contribution in [-0.2, 0) is 17.8 Å². The molecule has 3 aliphatic heterocycles. The second kappa shape index (κ2) is 9.79. The summed E-state index contributed by atoms with van der Waals surface area (Å²) in [6.07, 6.45) is -2.91. The van der Waals surface area contributed by atoms with Crippen molar-refractivity contribution < 1.29 is 22.7 Å². The van der Waals surface area contributed by atoms with Gasteiger partial charge in [-0.2, -0.15) is 0 Å². The van der Waals surface area contributed by atoms with Crippen LogP contribution < -0.4 is 5.32 Å². The van der Waals surface area contributed by atoms with E-state index in [1.165, 1.54) is 12.1 Å². The van der Waals surface area contributed by atoms with Gasteiger partial charge in [0.1, 0.15) is 11.6 Å². The topological polar surface area (TPSA) is 73.8 Å². The molecule has 0 aliphatic carbocycles. The molecule has 2 saturated heterocycles. The highest BCUT2D eigenvalue weighted by Gasteiger charge is 2.35. The number of hydrogen-bond donors (Lipinski definition) is 1. The van der Waals surface area contributed by atoms with Crippen molar-refractivity contribution in [1.29, 1.82) is 0 Å². The van der Waals surface area contributed by atoms with Crippen LogP contribution in [-0.4, -0.2) is 76.1 Å². The molecule has 5 rings (SSSR count). The molecule has 1 aromatic heterocycles. The number of halogens is 4. The van der Waals surface area contributed by atoms with Gasteiger partial charge in [0, 0.05) is 37.3 Å².